The summed E-state index contributed by atoms with van der Waals surface area (Å²) >= 11 is 6.20. The smallest absolute Gasteiger partial charge is 0.234 e. The minimum atomic E-state index is 0.0868. The van der Waals surface area contributed by atoms with E-state index in [4.69, 9.17) is 16.3 Å². The van der Waals surface area contributed by atoms with Gasteiger partial charge in [0.05, 0.1) is 19.0 Å². The number of halogens is 1. The highest BCUT2D eigenvalue weighted by Gasteiger charge is 2.47. The number of hydrogen-bond donors (Lipinski definition) is 1. The summed E-state index contributed by atoms with van der Waals surface area (Å²) in [6.07, 6.45) is 5.27. The van der Waals surface area contributed by atoms with Gasteiger partial charge in [0.1, 0.15) is 5.82 Å². The first-order chi connectivity index (χ1) is 8.54. The van der Waals surface area contributed by atoms with Crippen LogP contribution in [-0.4, -0.2) is 28.0 Å². The molecule has 4 nitrogen and oxygen atoms in total. The van der Waals surface area contributed by atoms with E-state index in [2.05, 4.69) is 36.1 Å². The third-order valence-corrected chi connectivity index (χ3v) is 4.28. The predicted octanol–water partition coefficient (Wildman–Crippen LogP) is 3.08. The monoisotopic (exact) mass is 269 g/mol. The third-order valence-electron chi connectivity index (χ3n) is 3.54. The highest BCUT2D eigenvalue weighted by atomic mass is 35.5. The van der Waals surface area contributed by atoms with E-state index in [-0.39, 0.29) is 10.8 Å². The van der Waals surface area contributed by atoms with Gasteiger partial charge in [-0.15, -0.1) is 11.6 Å². The van der Waals surface area contributed by atoms with E-state index >= 15 is 0 Å². The van der Waals surface area contributed by atoms with Crippen LogP contribution in [0.2, 0.25) is 0 Å². The molecule has 5 heteroatoms. The van der Waals surface area contributed by atoms with E-state index in [1.54, 1.807) is 12.4 Å². The molecule has 1 N–H and O–H groups in total. The maximum absolute atomic E-state index is 6.20. The zero-order valence-electron chi connectivity index (χ0n) is 11.1. The van der Waals surface area contributed by atoms with Crippen LogP contribution in [0.1, 0.15) is 33.6 Å². The molecule has 0 bridgehead atoms. The summed E-state index contributed by atoms with van der Waals surface area (Å²) in [4.78, 5) is 8.52. The lowest BCUT2D eigenvalue weighted by atomic mass is 9.67. The molecule has 2 atom stereocenters. The van der Waals surface area contributed by atoms with Gasteiger partial charge in [-0.3, -0.25) is 4.98 Å². The van der Waals surface area contributed by atoms with Crippen molar-refractivity contribution in [3.05, 3.63) is 12.4 Å². The van der Waals surface area contributed by atoms with Crippen LogP contribution in [0.15, 0.2) is 12.4 Å². The molecule has 2 rings (SSSR count). The summed E-state index contributed by atoms with van der Waals surface area (Å²) in [6.45, 7) is 7.05. The number of hydrogen-bond acceptors (Lipinski definition) is 4. The third kappa shape index (κ3) is 2.69. The normalized spacial score (nSPS) is 25.3. The van der Waals surface area contributed by atoms with Crippen molar-refractivity contribution in [2.75, 3.05) is 11.9 Å². The fourth-order valence-corrected chi connectivity index (χ4v) is 2.32. The molecule has 1 saturated carbocycles. The van der Waals surface area contributed by atoms with Gasteiger partial charge in [-0.05, 0) is 12.8 Å². The average Bonchev–Trinajstić information content (AvgIpc) is 2.36. The molecule has 1 heterocycles. The Morgan fingerprint density at radius 3 is 2.89 bits per heavy atom. The molecule has 1 aliphatic carbocycles. The molecule has 1 aromatic rings. The summed E-state index contributed by atoms with van der Waals surface area (Å²) in [5, 5.41) is 3.60. The van der Waals surface area contributed by atoms with E-state index in [0.717, 1.165) is 18.7 Å². The Morgan fingerprint density at radius 2 is 2.28 bits per heavy atom. The zero-order valence-corrected chi connectivity index (χ0v) is 11.9. The van der Waals surface area contributed by atoms with E-state index in [1.165, 1.54) is 0 Å². The topological polar surface area (TPSA) is 47.0 Å². The fourth-order valence-electron chi connectivity index (χ4n) is 1.99. The lowest BCUT2D eigenvalue weighted by Gasteiger charge is -2.49. The van der Waals surface area contributed by atoms with Gasteiger partial charge >= 0.3 is 0 Å². The van der Waals surface area contributed by atoms with Crippen molar-refractivity contribution in [2.45, 2.75) is 45.0 Å². The molecule has 0 aromatic carbocycles. The predicted molar refractivity (Wildman–Crippen MR) is 73.3 cm³/mol. The van der Waals surface area contributed by atoms with Crippen LogP contribution in [0.4, 0.5) is 5.82 Å². The number of nitrogens with zero attached hydrogens (tertiary/aromatic N) is 2. The second kappa shape index (κ2) is 5.31. The van der Waals surface area contributed by atoms with Gasteiger partial charge in [-0.25, -0.2) is 0 Å². The van der Waals surface area contributed by atoms with Crippen LogP contribution in [0.3, 0.4) is 0 Å². The molecule has 1 aromatic heterocycles. The Balaban J connectivity index is 1.98. The van der Waals surface area contributed by atoms with E-state index < -0.39 is 0 Å². The van der Waals surface area contributed by atoms with E-state index in [0.29, 0.717) is 18.5 Å². The molecule has 0 spiro atoms. The van der Waals surface area contributed by atoms with Crippen molar-refractivity contribution in [1.29, 1.82) is 0 Å². The maximum atomic E-state index is 6.20. The van der Waals surface area contributed by atoms with Gasteiger partial charge in [0.25, 0.3) is 0 Å². The van der Waals surface area contributed by atoms with Crippen LogP contribution in [-0.2, 0) is 0 Å². The largest absolute Gasteiger partial charge is 0.477 e. The Morgan fingerprint density at radius 1 is 1.50 bits per heavy atom. The Kier molecular flexibility index (Phi) is 3.95. The number of rotatable bonds is 5. The molecule has 100 valence electrons. The maximum Gasteiger partial charge on any atom is 0.234 e. The first-order valence-electron chi connectivity index (χ1n) is 6.39. The number of aromatic nitrogens is 2. The second-order valence-corrected chi connectivity index (χ2v) is 5.84. The first-order valence-corrected chi connectivity index (χ1v) is 6.83. The summed E-state index contributed by atoms with van der Waals surface area (Å²) < 4.78 is 5.46. The summed E-state index contributed by atoms with van der Waals surface area (Å²) in [6, 6.07) is 0.343. The average molecular weight is 270 g/mol. The van der Waals surface area contributed by atoms with Crippen LogP contribution in [0.5, 0.6) is 5.88 Å². The van der Waals surface area contributed by atoms with Gasteiger partial charge in [0.2, 0.25) is 5.88 Å². The molecule has 0 amide bonds. The molecule has 2 unspecified atom stereocenters. The molecule has 1 fully saturated rings. The molecule has 0 aliphatic heterocycles. The van der Waals surface area contributed by atoms with Crippen LogP contribution in [0.25, 0.3) is 0 Å². The van der Waals surface area contributed by atoms with Crippen molar-refractivity contribution >= 4 is 17.4 Å². The van der Waals surface area contributed by atoms with Gasteiger partial charge in [-0.1, -0.05) is 20.8 Å². The Hall–Kier alpha value is -1.03. The molecule has 0 saturated heterocycles. The van der Waals surface area contributed by atoms with Crippen molar-refractivity contribution in [3.63, 3.8) is 0 Å². The number of ether oxygens (including phenoxy) is 1. The first kappa shape index (κ1) is 13.4. The lowest BCUT2D eigenvalue weighted by Crippen LogP contribution is -2.54. The van der Waals surface area contributed by atoms with Crippen LogP contribution in [0, 0.1) is 5.41 Å². The highest BCUT2D eigenvalue weighted by molar-refractivity contribution is 6.21. The van der Waals surface area contributed by atoms with Crippen molar-refractivity contribution in [3.8, 4) is 5.88 Å². The van der Waals surface area contributed by atoms with Gasteiger partial charge in [0, 0.05) is 16.8 Å². The number of nitrogens with one attached hydrogen (secondary N) is 1. The number of anilines is 1. The summed E-state index contributed by atoms with van der Waals surface area (Å²) in [7, 11) is 0. The Bertz CT molecular complexity index is 411. The fraction of sp³-hybridized carbons (Fsp3) is 0.692. The van der Waals surface area contributed by atoms with Crippen LogP contribution < -0.4 is 10.1 Å². The van der Waals surface area contributed by atoms with Gasteiger partial charge in [0.15, 0.2) is 0 Å². The van der Waals surface area contributed by atoms with Crippen molar-refractivity contribution < 1.29 is 4.74 Å². The minimum absolute atomic E-state index is 0.0868. The second-order valence-electron chi connectivity index (χ2n) is 5.31. The standard InChI is InChI=1S/C13H20ClN3O/c1-4-5-18-12-8-15-7-11(17-12)16-10-6-9(14)13(10,2)3/h7-10H,4-6H2,1-3H3,(H,16,17). The zero-order chi connectivity index (χ0) is 13.2. The van der Waals surface area contributed by atoms with Crippen molar-refractivity contribution in [1.82, 2.24) is 9.97 Å². The molecule has 18 heavy (non-hydrogen) atoms. The quantitative estimate of drug-likeness (QED) is 0.835. The minimum Gasteiger partial charge on any atom is -0.477 e. The highest BCUT2D eigenvalue weighted by Crippen LogP contribution is 2.45. The summed E-state index contributed by atoms with van der Waals surface area (Å²) in [5.74, 6) is 1.33. The molecule has 0 radical (unpaired) electrons. The molecule has 1 aliphatic rings. The lowest BCUT2D eigenvalue weighted by molar-refractivity contribution is 0.168. The molecular weight excluding hydrogens is 250 g/mol. The van der Waals surface area contributed by atoms with Crippen LogP contribution >= 0.6 is 11.6 Å². The number of alkyl halides is 1. The Labute approximate surface area is 113 Å². The van der Waals surface area contributed by atoms with Gasteiger partial charge < -0.3 is 10.1 Å². The molecular formula is C13H20ClN3O. The van der Waals surface area contributed by atoms with Crippen molar-refractivity contribution in [2.24, 2.45) is 5.41 Å². The van der Waals surface area contributed by atoms with Gasteiger partial charge in [-0.2, -0.15) is 4.98 Å². The van der Waals surface area contributed by atoms with E-state index in [1.807, 2.05) is 0 Å². The van der Waals surface area contributed by atoms with E-state index in [9.17, 15) is 0 Å². The summed E-state index contributed by atoms with van der Waals surface area (Å²) in [5.41, 5.74) is 0.0868. The SMILES string of the molecule is CCCOc1cncc(NC2CC(Cl)C2(C)C)n1.